The van der Waals surface area contributed by atoms with E-state index in [9.17, 15) is 4.79 Å². The number of ether oxygens (including phenoxy) is 1. The highest BCUT2D eigenvalue weighted by Crippen LogP contribution is 2.20. The van der Waals surface area contributed by atoms with Gasteiger partial charge in [0.25, 0.3) is 5.91 Å². The molecular formula is C14H21N3O2. The van der Waals surface area contributed by atoms with Gasteiger partial charge in [-0.1, -0.05) is 12.8 Å². The van der Waals surface area contributed by atoms with Gasteiger partial charge in [-0.3, -0.25) is 9.78 Å². The van der Waals surface area contributed by atoms with Gasteiger partial charge in [-0.2, -0.15) is 0 Å². The Labute approximate surface area is 113 Å². The van der Waals surface area contributed by atoms with Crippen molar-refractivity contribution in [2.75, 3.05) is 18.5 Å². The summed E-state index contributed by atoms with van der Waals surface area (Å²) in [5, 5.41) is 3.20. The topological polar surface area (TPSA) is 77.2 Å². The fraction of sp³-hybridized carbons (Fsp3) is 0.571. The largest absolute Gasteiger partial charge is 0.384 e. The van der Waals surface area contributed by atoms with Gasteiger partial charge in [0.2, 0.25) is 0 Å². The predicted molar refractivity (Wildman–Crippen MR) is 74.1 cm³/mol. The Morgan fingerprint density at radius 3 is 3.00 bits per heavy atom. The number of amides is 1. The summed E-state index contributed by atoms with van der Waals surface area (Å²) in [5.41, 5.74) is 6.45. The highest BCUT2D eigenvalue weighted by Gasteiger charge is 2.14. The Kier molecular flexibility index (Phi) is 5.15. The zero-order chi connectivity index (χ0) is 13.5. The molecule has 1 fully saturated rings. The van der Waals surface area contributed by atoms with Gasteiger partial charge >= 0.3 is 0 Å². The van der Waals surface area contributed by atoms with Crippen LogP contribution in [0.5, 0.6) is 0 Å². The zero-order valence-electron chi connectivity index (χ0n) is 11.1. The van der Waals surface area contributed by atoms with Gasteiger partial charge < -0.3 is 15.8 Å². The first-order chi connectivity index (χ1) is 9.27. The van der Waals surface area contributed by atoms with Crippen LogP contribution in [0.4, 0.5) is 5.69 Å². The summed E-state index contributed by atoms with van der Waals surface area (Å²) in [6.07, 6.45) is 9.49. The first kappa shape index (κ1) is 13.8. The van der Waals surface area contributed by atoms with Crippen LogP contribution >= 0.6 is 0 Å². The van der Waals surface area contributed by atoms with Crippen LogP contribution in [-0.2, 0) is 4.74 Å². The number of nitrogens with zero attached hydrogens (tertiary/aromatic N) is 1. The summed E-state index contributed by atoms with van der Waals surface area (Å²) >= 11 is 0. The maximum atomic E-state index is 11.2. The summed E-state index contributed by atoms with van der Waals surface area (Å²) < 4.78 is 5.77. The van der Waals surface area contributed by atoms with E-state index in [-0.39, 0.29) is 0 Å². The third-order valence-electron chi connectivity index (χ3n) is 3.38. The molecule has 1 aliphatic rings. The number of rotatable bonds is 7. The Hall–Kier alpha value is -1.62. The summed E-state index contributed by atoms with van der Waals surface area (Å²) in [4.78, 5) is 15.1. The molecule has 5 nitrogen and oxygen atoms in total. The normalized spacial score (nSPS) is 15.6. The van der Waals surface area contributed by atoms with Crippen LogP contribution in [0.1, 0.15) is 42.5 Å². The van der Waals surface area contributed by atoms with Crippen LogP contribution in [0.3, 0.4) is 0 Å². The molecule has 3 N–H and O–H groups in total. The molecule has 1 heterocycles. The van der Waals surface area contributed by atoms with E-state index in [1.807, 2.05) is 0 Å². The Morgan fingerprint density at radius 2 is 2.26 bits per heavy atom. The van der Waals surface area contributed by atoms with E-state index >= 15 is 0 Å². The third-order valence-corrected chi connectivity index (χ3v) is 3.38. The van der Waals surface area contributed by atoms with Crippen molar-refractivity contribution in [3.05, 3.63) is 24.0 Å². The molecule has 0 unspecified atom stereocenters. The van der Waals surface area contributed by atoms with Crippen molar-refractivity contribution in [2.24, 2.45) is 5.73 Å². The van der Waals surface area contributed by atoms with Crippen LogP contribution < -0.4 is 11.1 Å². The van der Waals surface area contributed by atoms with Crippen molar-refractivity contribution in [1.29, 1.82) is 0 Å². The van der Waals surface area contributed by atoms with Gasteiger partial charge in [0, 0.05) is 25.5 Å². The molecule has 1 aromatic heterocycles. The lowest BCUT2D eigenvalue weighted by Crippen LogP contribution is -2.16. The second kappa shape index (κ2) is 7.09. The number of hydrogen-bond donors (Lipinski definition) is 2. The molecule has 2 rings (SSSR count). The molecule has 0 atom stereocenters. The first-order valence-corrected chi connectivity index (χ1v) is 6.86. The number of hydrogen-bond acceptors (Lipinski definition) is 4. The minimum Gasteiger partial charge on any atom is -0.384 e. The maximum absolute atomic E-state index is 11.2. The minimum absolute atomic E-state index is 0.430. The monoisotopic (exact) mass is 263 g/mol. The molecule has 1 aromatic rings. The number of primary amides is 1. The number of pyridine rings is 1. The lowest BCUT2D eigenvalue weighted by atomic mass is 10.2. The zero-order valence-corrected chi connectivity index (χ0v) is 11.1. The number of aromatic nitrogens is 1. The van der Waals surface area contributed by atoms with Crippen LogP contribution in [-0.4, -0.2) is 30.1 Å². The Balaban J connectivity index is 1.69. The molecule has 0 bridgehead atoms. The van der Waals surface area contributed by atoms with Crippen LogP contribution in [0, 0.1) is 0 Å². The van der Waals surface area contributed by atoms with E-state index in [1.165, 1.54) is 31.9 Å². The quantitative estimate of drug-likeness (QED) is 0.737. The lowest BCUT2D eigenvalue weighted by Gasteiger charge is -2.12. The van der Waals surface area contributed by atoms with E-state index in [0.717, 1.165) is 25.3 Å². The molecule has 0 spiro atoms. The second-order valence-electron chi connectivity index (χ2n) is 4.84. The molecule has 104 valence electrons. The molecule has 1 saturated carbocycles. The van der Waals surface area contributed by atoms with Gasteiger partial charge in [0.15, 0.2) is 0 Å². The van der Waals surface area contributed by atoms with E-state index in [2.05, 4.69) is 10.3 Å². The summed E-state index contributed by atoms with van der Waals surface area (Å²) in [7, 11) is 0. The van der Waals surface area contributed by atoms with E-state index in [0.29, 0.717) is 11.7 Å². The van der Waals surface area contributed by atoms with Crippen LogP contribution in [0.2, 0.25) is 0 Å². The predicted octanol–water partition coefficient (Wildman–Crippen LogP) is 1.94. The van der Waals surface area contributed by atoms with Crippen LogP contribution in [0.15, 0.2) is 18.5 Å². The van der Waals surface area contributed by atoms with Crippen molar-refractivity contribution >= 4 is 11.6 Å². The maximum Gasteiger partial charge on any atom is 0.252 e. The first-order valence-electron chi connectivity index (χ1n) is 6.86. The van der Waals surface area contributed by atoms with E-state index in [4.69, 9.17) is 10.5 Å². The molecule has 1 aliphatic carbocycles. The third kappa shape index (κ3) is 4.21. The Morgan fingerprint density at radius 1 is 1.47 bits per heavy atom. The summed E-state index contributed by atoms with van der Waals surface area (Å²) in [6, 6.07) is 1.76. The number of carbonyl (C=O) groups excluding carboxylic acids is 1. The van der Waals surface area contributed by atoms with Gasteiger partial charge in [-0.25, -0.2) is 0 Å². The van der Waals surface area contributed by atoms with Gasteiger partial charge in [0.1, 0.15) is 0 Å². The van der Waals surface area contributed by atoms with Crippen LogP contribution in [0.25, 0.3) is 0 Å². The number of anilines is 1. The van der Waals surface area contributed by atoms with Crippen molar-refractivity contribution in [3.63, 3.8) is 0 Å². The van der Waals surface area contributed by atoms with Crippen molar-refractivity contribution in [1.82, 2.24) is 4.98 Å². The molecular weight excluding hydrogens is 242 g/mol. The standard InChI is InChI=1S/C14H21N3O2/c15-14(18)12-10-16-8-6-13(12)17-7-3-9-19-11-4-1-2-5-11/h6,8,10-11H,1-5,7,9H2,(H2,15,18)(H,16,17). The summed E-state index contributed by atoms with van der Waals surface area (Å²) in [6.45, 7) is 1.52. The highest BCUT2D eigenvalue weighted by atomic mass is 16.5. The molecule has 5 heteroatoms. The molecule has 1 amide bonds. The highest BCUT2D eigenvalue weighted by molar-refractivity contribution is 5.98. The second-order valence-corrected chi connectivity index (χ2v) is 4.84. The summed E-state index contributed by atoms with van der Waals surface area (Å²) in [5.74, 6) is -0.460. The minimum atomic E-state index is -0.460. The van der Waals surface area contributed by atoms with Crippen molar-refractivity contribution < 1.29 is 9.53 Å². The molecule has 19 heavy (non-hydrogen) atoms. The number of nitrogens with two attached hydrogens (primary N) is 1. The number of carbonyl (C=O) groups is 1. The van der Waals surface area contributed by atoms with Crippen molar-refractivity contribution in [2.45, 2.75) is 38.2 Å². The van der Waals surface area contributed by atoms with Gasteiger partial charge in [-0.05, 0) is 25.3 Å². The van der Waals surface area contributed by atoms with Gasteiger partial charge in [-0.15, -0.1) is 0 Å². The van der Waals surface area contributed by atoms with E-state index in [1.54, 1.807) is 12.3 Å². The molecule has 0 radical (unpaired) electrons. The van der Waals surface area contributed by atoms with Gasteiger partial charge in [0.05, 0.1) is 17.4 Å². The fourth-order valence-electron chi connectivity index (χ4n) is 2.35. The van der Waals surface area contributed by atoms with Crippen molar-refractivity contribution in [3.8, 4) is 0 Å². The number of nitrogens with one attached hydrogen (secondary N) is 1. The Bertz CT molecular complexity index is 417. The smallest absolute Gasteiger partial charge is 0.252 e. The average Bonchev–Trinajstić information content (AvgIpc) is 2.92. The molecule has 0 saturated heterocycles. The average molecular weight is 263 g/mol. The fourth-order valence-corrected chi connectivity index (χ4v) is 2.35. The van der Waals surface area contributed by atoms with E-state index < -0.39 is 5.91 Å². The molecule has 0 aromatic carbocycles. The SMILES string of the molecule is NC(=O)c1cnccc1NCCCOC1CCCC1. The molecule has 0 aliphatic heterocycles. The lowest BCUT2D eigenvalue weighted by molar-refractivity contribution is 0.0583.